The number of rotatable bonds is 4. The van der Waals surface area contributed by atoms with Gasteiger partial charge in [-0.15, -0.1) is 0 Å². The molecule has 0 rings (SSSR count). The maximum Gasteiger partial charge on any atom is 0 e. The van der Waals surface area contributed by atoms with Crippen LogP contribution in [0.5, 0.6) is 0 Å². The minimum absolute atomic E-state index is 0. The molecule has 6 heteroatoms. The molecule has 1 N–H and O–H groups in total. The van der Waals surface area contributed by atoms with Gasteiger partial charge in [-0.1, -0.05) is 0 Å². The van der Waals surface area contributed by atoms with E-state index in [4.69, 9.17) is 12.3 Å². The fourth-order valence-corrected chi connectivity index (χ4v) is 1.13. The fourth-order valence-electron chi connectivity index (χ4n) is 0.492. The summed E-state index contributed by atoms with van der Waals surface area (Å²) in [5, 5.41) is 10.1. The van der Waals surface area contributed by atoms with Crippen molar-refractivity contribution in [2.24, 2.45) is 0 Å². The Morgan fingerprint density at radius 1 is 1.77 bits per heavy atom. The van der Waals surface area contributed by atoms with Crippen LogP contribution in [0.1, 0.15) is 6.92 Å². The van der Waals surface area contributed by atoms with Gasteiger partial charge in [0.2, 0.25) is 0 Å². The first-order valence-corrected chi connectivity index (χ1v) is 4.49. The first kappa shape index (κ1) is 15.8. The van der Waals surface area contributed by atoms with Crippen molar-refractivity contribution >= 4 is 4.02 Å². The minimum Gasteiger partial charge on any atom is 0 e. The Kier molecular flexibility index (Phi) is 9.43. The molecule has 1 radical (unpaired) electrons. The molecule has 0 saturated carbocycles. The van der Waals surface area contributed by atoms with Gasteiger partial charge in [-0.05, 0) is 0 Å². The van der Waals surface area contributed by atoms with E-state index in [1.807, 2.05) is 0 Å². The molecule has 0 aliphatic rings. The predicted molar refractivity (Wildman–Crippen MR) is 42.2 cm³/mol. The van der Waals surface area contributed by atoms with Crippen molar-refractivity contribution in [2.75, 3.05) is 0 Å². The Balaban J connectivity index is 0. The summed E-state index contributed by atoms with van der Waals surface area (Å²) in [5.74, 6) is 0. The average molecular weight is 424 g/mol. The fraction of sp³-hybridized carbons (Fsp3) is 0.143. The maximum absolute atomic E-state index is 10.1. The van der Waals surface area contributed by atoms with E-state index in [0.29, 0.717) is 9.59 Å². The molecule has 0 heterocycles. The summed E-state index contributed by atoms with van der Waals surface area (Å²) in [6.45, 7) is 6.77. The molecule has 0 bridgehead atoms. The van der Waals surface area contributed by atoms with Gasteiger partial charge in [-0.3, -0.25) is 0 Å². The molecule has 13 heavy (non-hydrogen) atoms. The van der Waals surface area contributed by atoms with Gasteiger partial charge >= 0.3 is 81.4 Å². The number of nitrogens with zero attached hydrogens (tertiary/aromatic N) is 1. The van der Waals surface area contributed by atoms with E-state index in [2.05, 4.69) is 0 Å². The number of hydrogen-bond donors (Lipinski definition) is 0. The van der Waals surface area contributed by atoms with E-state index in [-0.39, 0.29) is 32.7 Å². The van der Waals surface area contributed by atoms with Crippen LogP contribution in [0.2, 0.25) is 0 Å². The summed E-state index contributed by atoms with van der Waals surface area (Å²) in [4.78, 5) is 9.42. The number of nitro groups is 1. The van der Waals surface area contributed by atoms with Crippen LogP contribution in [0.3, 0.4) is 0 Å². The third-order valence-corrected chi connectivity index (χ3v) is 1.93. The van der Waals surface area contributed by atoms with Crippen molar-refractivity contribution in [3.05, 3.63) is 46.2 Å². The largest absolute Gasteiger partial charge is 0 e. The normalized spacial score (nSPS) is 9.85. The van der Waals surface area contributed by atoms with Crippen LogP contribution in [0.4, 0.5) is 0 Å². The molecular formula is C7H7N2O2WY-3. The van der Waals surface area contributed by atoms with Crippen molar-refractivity contribution in [1.82, 2.24) is 0 Å². The van der Waals surface area contributed by atoms with Gasteiger partial charge in [0, 0.05) is 32.7 Å². The average Bonchev–Trinajstić information content (AvgIpc) is 1.98. The Labute approximate surface area is 113 Å². The van der Waals surface area contributed by atoms with E-state index >= 15 is 0 Å². The van der Waals surface area contributed by atoms with Crippen LogP contribution in [-0.4, -0.2) is 8.95 Å². The molecule has 0 amide bonds. The zero-order valence-electron chi connectivity index (χ0n) is 6.98. The molecule has 0 aromatic heterocycles. The number of nitrogens with one attached hydrogen (secondary N) is 1. The summed E-state index contributed by atoms with van der Waals surface area (Å²) >= 11 is 0.950. The van der Waals surface area contributed by atoms with E-state index in [0.717, 1.165) is 19.4 Å². The molecule has 0 fully saturated rings. The van der Waals surface area contributed by atoms with Gasteiger partial charge in [0.1, 0.15) is 0 Å². The zero-order valence-corrected chi connectivity index (χ0v) is 12.8. The first-order valence-electron chi connectivity index (χ1n) is 3.02. The molecule has 4 nitrogen and oxygen atoms in total. The molecule has 0 spiro atoms. The number of allylic oxidation sites excluding steroid dienone is 1. The van der Waals surface area contributed by atoms with E-state index < -0.39 is 10.6 Å². The topological polar surface area (TPSA) is 66.9 Å². The summed E-state index contributed by atoms with van der Waals surface area (Å²) < 4.78 is 0.335. The minimum atomic E-state index is -0.679. The van der Waals surface area contributed by atoms with Gasteiger partial charge in [-0.2, -0.15) is 0 Å². The molecule has 0 unspecified atom stereocenters. The van der Waals surface area contributed by atoms with Crippen LogP contribution in [0.25, 0.3) is 5.73 Å². The third kappa shape index (κ3) is 6.44. The quantitative estimate of drug-likeness (QED) is 0.297. The first-order chi connectivity index (χ1) is 5.49. The smallest absolute Gasteiger partial charge is 0 e. The van der Waals surface area contributed by atoms with Crippen molar-refractivity contribution in [1.29, 1.82) is 0 Å². The predicted octanol–water partition coefficient (Wildman–Crippen LogP) is 1.46. The molecule has 0 aromatic rings. The van der Waals surface area contributed by atoms with Crippen LogP contribution in [0.15, 0.2) is 17.3 Å². The summed E-state index contributed by atoms with van der Waals surface area (Å²) in [5.41, 5.74) is 7.30. The second-order valence-electron chi connectivity index (χ2n) is 1.90. The standard InChI is InChI=1S/C7H7N2O2.W.Y/c1-3-7(5-8)4-6(2)9(10)11;;/h2-4,8H,1H3;;/q-3;;/b7-4-;;. The Hall–Kier alpha value is 0.372. The van der Waals surface area contributed by atoms with Crippen LogP contribution < -0.4 is 0 Å². The molecule has 0 aliphatic heterocycles. The molecular weight excluding hydrogens is 417 g/mol. The Bertz CT molecular complexity index is 263. The monoisotopic (exact) mass is 424 g/mol. The van der Waals surface area contributed by atoms with E-state index in [9.17, 15) is 10.1 Å². The van der Waals surface area contributed by atoms with Crippen molar-refractivity contribution in [3.8, 4) is 0 Å². The van der Waals surface area contributed by atoms with Gasteiger partial charge < -0.3 is 0 Å². The van der Waals surface area contributed by atoms with E-state index in [1.54, 1.807) is 13.3 Å². The van der Waals surface area contributed by atoms with Gasteiger partial charge in [0.15, 0.2) is 0 Å². The summed E-state index contributed by atoms with van der Waals surface area (Å²) in [7, 11) is 0. The third-order valence-electron chi connectivity index (χ3n) is 1.09. The second-order valence-corrected chi connectivity index (χ2v) is 3.37. The van der Waals surface area contributed by atoms with Crippen molar-refractivity contribution in [3.63, 3.8) is 0 Å². The molecule has 69 valence electrons. The summed E-state index contributed by atoms with van der Waals surface area (Å²) in [6.07, 6.45) is 2.81. The molecule has 0 aromatic carbocycles. The van der Waals surface area contributed by atoms with E-state index in [1.165, 1.54) is 6.08 Å². The Morgan fingerprint density at radius 2 is 2.23 bits per heavy atom. The zero-order chi connectivity index (χ0) is 9.72. The Morgan fingerprint density at radius 3 is 2.46 bits per heavy atom. The van der Waals surface area contributed by atoms with Gasteiger partial charge in [0.05, 0.1) is 0 Å². The van der Waals surface area contributed by atoms with Gasteiger partial charge in [0.25, 0.3) is 0 Å². The number of hydrogen-bond acceptors (Lipinski definition) is 2. The SMILES string of the molecule is [CH-]=C(/C=C(/[CH-]C)[C]([NH-])=[W])[N+](=O)[O-].[Y]. The second kappa shape index (κ2) is 7.75. The van der Waals surface area contributed by atoms with Crippen LogP contribution in [-0.2, 0) is 52.1 Å². The van der Waals surface area contributed by atoms with Gasteiger partial charge in [-0.25, -0.2) is 0 Å². The van der Waals surface area contributed by atoms with Crippen molar-refractivity contribution < 1.29 is 57.0 Å². The summed E-state index contributed by atoms with van der Waals surface area (Å²) in [6, 6.07) is 0. The molecule has 0 aliphatic carbocycles. The maximum atomic E-state index is 10.1. The van der Waals surface area contributed by atoms with Crippen molar-refractivity contribution in [2.45, 2.75) is 6.92 Å². The van der Waals surface area contributed by atoms with Crippen LogP contribution >= 0.6 is 0 Å². The molecule has 0 atom stereocenters. The van der Waals surface area contributed by atoms with Crippen LogP contribution in [0, 0.1) is 23.1 Å². The molecule has 0 saturated heterocycles.